The molecular weight excluding hydrogens is 419 g/mol. The number of halogens is 1. The van der Waals surface area contributed by atoms with Crippen molar-refractivity contribution in [2.45, 2.75) is 65.3 Å². The van der Waals surface area contributed by atoms with Crippen LogP contribution in [0.15, 0.2) is 10.4 Å². The first kappa shape index (κ1) is 20.7. The van der Waals surface area contributed by atoms with Gasteiger partial charge in [-0.25, -0.2) is 4.98 Å². The third kappa shape index (κ3) is 5.89. The van der Waals surface area contributed by atoms with Gasteiger partial charge in [0, 0.05) is 19.0 Å². The van der Waals surface area contributed by atoms with E-state index in [-0.39, 0.29) is 24.0 Å². The molecule has 0 bridgehead atoms. The largest absolute Gasteiger partial charge is 0.356 e. The summed E-state index contributed by atoms with van der Waals surface area (Å²) in [6.45, 7) is 8.44. The van der Waals surface area contributed by atoms with Crippen LogP contribution in [0.5, 0.6) is 0 Å². The van der Waals surface area contributed by atoms with Crippen LogP contribution in [0.1, 0.15) is 69.5 Å². The second-order valence-corrected chi connectivity index (χ2v) is 7.60. The lowest BCUT2D eigenvalue weighted by Crippen LogP contribution is -2.42. The lowest BCUT2D eigenvalue weighted by Gasteiger charge is -2.28. The molecule has 132 valence electrons. The van der Waals surface area contributed by atoms with E-state index < -0.39 is 0 Å². The van der Waals surface area contributed by atoms with Gasteiger partial charge in [-0.1, -0.05) is 33.6 Å². The number of hydrogen-bond donors (Lipinski definition) is 2. The van der Waals surface area contributed by atoms with Gasteiger partial charge in [0.1, 0.15) is 5.01 Å². The van der Waals surface area contributed by atoms with E-state index in [0.717, 1.165) is 24.1 Å². The maximum atomic E-state index is 4.66. The molecule has 1 aliphatic carbocycles. The fraction of sp³-hybridized carbons (Fsp3) is 0.765. The molecule has 0 radical (unpaired) electrons. The Kier molecular flexibility index (Phi) is 8.82. The van der Waals surface area contributed by atoms with Gasteiger partial charge in [-0.2, -0.15) is 0 Å². The van der Waals surface area contributed by atoms with E-state index in [9.17, 15) is 0 Å². The molecule has 1 saturated carbocycles. The van der Waals surface area contributed by atoms with Crippen molar-refractivity contribution in [1.82, 2.24) is 15.6 Å². The normalized spacial score (nSPS) is 17.2. The molecule has 1 aromatic heterocycles. The smallest absolute Gasteiger partial charge is 0.191 e. The van der Waals surface area contributed by atoms with E-state index in [0.29, 0.717) is 11.3 Å². The summed E-state index contributed by atoms with van der Waals surface area (Å²) in [5, 5.41) is 10.2. The van der Waals surface area contributed by atoms with Crippen LogP contribution in [0.4, 0.5) is 0 Å². The molecule has 0 aromatic carbocycles. The summed E-state index contributed by atoms with van der Waals surface area (Å²) in [4.78, 5) is 9.00. The Morgan fingerprint density at radius 2 is 2.04 bits per heavy atom. The van der Waals surface area contributed by atoms with E-state index in [4.69, 9.17) is 0 Å². The van der Waals surface area contributed by atoms with Crippen LogP contribution >= 0.6 is 35.3 Å². The van der Waals surface area contributed by atoms with Crippen LogP contribution in [0.2, 0.25) is 0 Å². The SMILES string of the molecule is CCC1(CNC(=NC)NCc2nc(C(C)C)cs2)CCCC1.I. The van der Waals surface area contributed by atoms with Gasteiger partial charge in [0.05, 0.1) is 12.2 Å². The molecular formula is C17H31IN4S. The molecule has 23 heavy (non-hydrogen) atoms. The molecule has 2 N–H and O–H groups in total. The summed E-state index contributed by atoms with van der Waals surface area (Å²) in [7, 11) is 1.84. The number of aliphatic imine (C=N–C) groups is 1. The quantitative estimate of drug-likeness (QED) is 0.381. The zero-order chi connectivity index (χ0) is 16.0. The van der Waals surface area contributed by atoms with Crippen LogP contribution in [-0.2, 0) is 6.54 Å². The predicted octanol–water partition coefficient (Wildman–Crippen LogP) is 4.52. The third-order valence-corrected chi connectivity index (χ3v) is 5.70. The molecule has 0 unspecified atom stereocenters. The van der Waals surface area contributed by atoms with Gasteiger partial charge >= 0.3 is 0 Å². The highest BCUT2D eigenvalue weighted by Gasteiger charge is 2.31. The van der Waals surface area contributed by atoms with E-state index in [1.165, 1.54) is 37.8 Å². The first-order chi connectivity index (χ1) is 10.6. The first-order valence-electron chi connectivity index (χ1n) is 8.47. The molecule has 2 rings (SSSR count). The molecule has 1 aromatic rings. The molecule has 0 amide bonds. The van der Waals surface area contributed by atoms with Gasteiger partial charge < -0.3 is 10.6 Å². The molecule has 0 atom stereocenters. The Hall–Kier alpha value is -0.370. The maximum absolute atomic E-state index is 4.66. The Morgan fingerprint density at radius 1 is 1.35 bits per heavy atom. The number of nitrogens with zero attached hydrogens (tertiary/aromatic N) is 2. The van der Waals surface area contributed by atoms with Crippen molar-refractivity contribution >= 4 is 41.3 Å². The van der Waals surface area contributed by atoms with E-state index in [1.807, 2.05) is 7.05 Å². The summed E-state index contributed by atoms with van der Waals surface area (Å²) < 4.78 is 0. The highest BCUT2D eigenvalue weighted by atomic mass is 127. The first-order valence-corrected chi connectivity index (χ1v) is 9.35. The molecule has 1 fully saturated rings. The minimum Gasteiger partial charge on any atom is -0.356 e. The lowest BCUT2D eigenvalue weighted by atomic mass is 9.83. The zero-order valence-corrected chi connectivity index (χ0v) is 18.0. The Balaban J connectivity index is 0.00000264. The van der Waals surface area contributed by atoms with Gasteiger partial charge in [-0.15, -0.1) is 35.3 Å². The summed E-state index contributed by atoms with van der Waals surface area (Å²) in [6, 6.07) is 0. The van der Waals surface area contributed by atoms with Crippen LogP contribution in [0, 0.1) is 5.41 Å². The molecule has 0 saturated heterocycles. The summed E-state index contributed by atoms with van der Waals surface area (Å²) in [6.07, 6.45) is 6.69. The molecule has 1 heterocycles. The number of guanidine groups is 1. The maximum Gasteiger partial charge on any atom is 0.191 e. The van der Waals surface area contributed by atoms with Crippen LogP contribution < -0.4 is 10.6 Å². The van der Waals surface area contributed by atoms with Crippen molar-refractivity contribution in [1.29, 1.82) is 0 Å². The standard InChI is InChI=1S/C17H30N4S.HI/c1-5-17(8-6-7-9-17)12-20-16(18-4)19-10-15-21-14(11-22-15)13(2)3;/h11,13H,5-10,12H2,1-4H3,(H2,18,19,20);1H. The lowest BCUT2D eigenvalue weighted by molar-refractivity contribution is 0.283. The van der Waals surface area contributed by atoms with Crippen molar-refractivity contribution in [3.05, 3.63) is 16.1 Å². The van der Waals surface area contributed by atoms with Crippen LogP contribution in [0.3, 0.4) is 0 Å². The van der Waals surface area contributed by atoms with Gasteiger partial charge in [-0.05, 0) is 30.6 Å². The van der Waals surface area contributed by atoms with Gasteiger partial charge in [0.15, 0.2) is 5.96 Å². The van der Waals surface area contributed by atoms with Crippen molar-refractivity contribution in [3.63, 3.8) is 0 Å². The average Bonchev–Trinajstić information content (AvgIpc) is 3.17. The number of aromatic nitrogens is 1. The van der Waals surface area contributed by atoms with Crippen molar-refractivity contribution in [3.8, 4) is 0 Å². The summed E-state index contributed by atoms with van der Waals surface area (Å²) in [5.74, 6) is 1.38. The van der Waals surface area contributed by atoms with Crippen LogP contribution in [-0.4, -0.2) is 24.5 Å². The fourth-order valence-electron chi connectivity index (χ4n) is 3.10. The Morgan fingerprint density at radius 3 is 2.57 bits per heavy atom. The minimum absolute atomic E-state index is 0. The third-order valence-electron chi connectivity index (χ3n) is 4.84. The molecule has 0 spiro atoms. The number of hydrogen-bond acceptors (Lipinski definition) is 3. The number of nitrogens with one attached hydrogen (secondary N) is 2. The predicted molar refractivity (Wildman–Crippen MR) is 111 cm³/mol. The van der Waals surface area contributed by atoms with E-state index in [2.05, 4.69) is 46.8 Å². The molecule has 0 aliphatic heterocycles. The van der Waals surface area contributed by atoms with E-state index >= 15 is 0 Å². The van der Waals surface area contributed by atoms with Crippen molar-refractivity contribution in [2.24, 2.45) is 10.4 Å². The van der Waals surface area contributed by atoms with Gasteiger partial charge in [0.2, 0.25) is 0 Å². The average molecular weight is 450 g/mol. The van der Waals surface area contributed by atoms with Gasteiger partial charge in [0.25, 0.3) is 0 Å². The highest BCUT2D eigenvalue weighted by Crippen LogP contribution is 2.40. The Labute approximate surface area is 162 Å². The monoisotopic (exact) mass is 450 g/mol. The second kappa shape index (κ2) is 9.81. The molecule has 4 nitrogen and oxygen atoms in total. The fourth-order valence-corrected chi connectivity index (χ4v) is 4.00. The summed E-state index contributed by atoms with van der Waals surface area (Å²) in [5.41, 5.74) is 1.66. The number of thiazole rings is 1. The second-order valence-electron chi connectivity index (χ2n) is 6.66. The van der Waals surface area contributed by atoms with Crippen LogP contribution in [0.25, 0.3) is 0 Å². The van der Waals surface area contributed by atoms with Crippen molar-refractivity contribution < 1.29 is 0 Å². The highest BCUT2D eigenvalue weighted by molar-refractivity contribution is 14.0. The topological polar surface area (TPSA) is 49.3 Å². The Bertz CT molecular complexity index is 493. The zero-order valence-electron chi connectivity index (χ0n) is 14.8. The van der Waals surface area contributed by atoms with E-state index in [1.54, 1.807) is 11.3 Å². The number of rotatable bonds is 6. The summed E-state index contributed by atoms with van der Waals surface area (Å²) >= 11 is 1.72. The molecule has 1 aliphatic rings. The van der Waals surface area contributed by atoms with Gasteiger partial charge in [-0.3, -0.25) is 4.99 Å². The minimum atomic E-state index is 0. The van der Waals surface area contributed by atoms with Crippen molar-refractivity contribution in [2.75, 3.05) is 13.6 Å². The molecule has 6 heteroatoms.